The first kappa shape index (κ1) is 15.0. The maximum absolute atomic E-state index is 12.7. The zero-order valence-electron chi connectivity index (χ0n) is 12.0. The van der Waals surface area contributed by atoms with Gasteiger partial charge in [-0.3, -0.25) is 4.79 Å². The van der Waals surface area contributed by atoms with E-state index >= 15 is 0 Å². The van der Waals surface area contributed by atoms with Gasteiger partial charge in [0, 0.05) is 24.6 Å². The number of nitrogens with zero attached hydrogens (tertiary/aromatic N) is 1. The van der Waals surface area contributed by atoms with Gasteiger partial charge < -0.3 is 20.1 Å². The Morgan fingerprint density at radius 1 is 1.57 bits per heavy atom. The summed E-state index contributed by atoms with van der Waals surface area (Å²) in [4.78, 5) is 15.8. The SMILES string of the molecule is O=C(C1CC(O)CN1)N(Cc1cccs1)CC1CCCO1. The van der Waals surface area contributed by atoms with E-state index in [-0.39, 0.29) is 18.1 Å². The molecule has 2 aliphatic heterocycles. The highest BCUT2D eigenvalue weighted by atomic mass is 32.1. The molecule has 21 heavy (non-hydrogen) atoms. The zero-order valence-corrected chi connectivity index (χ0v) is 12.8. The van der Waals surface area contributed by atoms with E-state index in [1.807, 2.05) is 16.3 Å². The van der Waals surface area contributed by atoms with E-state index in [4.69, 9.17) is 4.74 Å². The van der Waals surface area contributed by atoms with Crippen LogP contribution in [0.5, 0.6) is 0 Å². The lowest BCUT2D eigenvalue weighted by molar-refractivity contribution is -0.135. The van der Waals surface area contributed by atoms with Crippen molar-refractivity contribution in [1.82, 2.24) is 10.2 Å². The fourth-order valence-electron chi connectivity index (χ4n) is 2.98. The molecule has 2 fully saturated rings. The number of aliphatic hydroxyl groups is 1. The number of aliphatic hydroxyl groups excluding tert-OH is 1. The van der Waals surface area contributed by atoms with Crippen molar-refractivity contribution in [3.63, 3.8) is 0 Å². The summed E-state index contributed by atoms with van der Waals surface area (Å²) in [5, 5.41) is 14.8. The molecule has 0 aromatic carbocycles. The van der Waals surface area contributed by atoms with Gasteiger partial charge in [-0.25, -0.2) is 0 Å². The number of hydrogen-bond donors (Lipinski definition) is 2. The Hall–Kier alpha value is -0.950. The molecular weight excluding hydrogens is 288 g/mol. The second-order valence-corrected chi connectivity index (χ2v) is 6.82. The molecule has 0 bridgehead atoms. The van der Waals surface area contributed by atoms with Gasteiger partial charge in [0.25, 0.3) is 0 Å². The molecule has 3 heterocycles. The number of ether oxygens (including phenoxy) is 1. The van der Waals surface area contributed by atoms with Crippen LogP contribution in [0.1, 0.15) is 24.1 Å². The standard InChI is InChI=1S/C15H22N2O3S/c18-11-7-14(16-8-11)15(19)17(9-12-3-1-5-20-12)10-13-4-2-6-21-13/h2,4,6,11-12,14,16,18H,1,3,5,7-10H2. The van der Waals surface area contributed by atoms with Crippen LogP contribution in [0, 0.1) is 0 Å². The average molecular weight is 310 g/mol. The maximum atomic E-state index is 12.7. The molecule has 1 aromatic heterocycles. The molecule has 0 aliphatic carbocycles. The van der Waals surface area contributed by atoms with Crippen molar-refractivity contribution in [3.05, 3.63) is 22.4 Å². The summed E-state index contributed by atoms with van der Waals surface area (Å²) in [5.74, 6) is 0.0791. The van der Waals surface area contributed by atoms with E-state index < -0.39 is 6.10 Å². The smallest absolute Gasteiger partial charge is 0.240 e. The number of hydrogen-bond acceptors (Lipinski definition) is 5. The van der Waals surface area contributed by atoms with E-state index in [0.717, 1.165) is 19.4 Å². The Morgan fingerprint density at radius 2 is 2.48 bits per heavy atom. The van der Waals surface area contributed by atoms with E-state index in [9.17, 15) is 9.90 Å². The van der Waals surface area contributed by atoms with Crippen molar-refractivity contribution >= 4 is 17.2 Å². The van der Waals surface area contributed by atoms with Crippen LogP contribution in [0.4, 0.5) is 0 Å². The number of rotatable bonds is 5. The van der Waals surface area contributed by atoms with Gasteiger partial charge >= 0.3 is 0 Å². The molecule has 0 spiro atoms. The lowest BCUT2D eigenvalue weighted by atomic mass is 10.1. The fourth-order valence-corrected chi connectivity index (χ4v) is 3.70. The topological polar surface area (TPSA) is 61.8 Å². The van der Waals surface area contributed by atoms with Gasteiger partial charge in [0.15, 0.2) is 0 Å². The molecule has 3 unspecified atom stereocenters. The molecule has 2 aliphatic rings. The monoisotopic (exact) mass is 310 g/mol. The minimum atomic E-state index is -0.412. The van der Waals surface area contributed by atoms with Crippen LogP contribution >= 0.6 is 11.3 Å². The van der Waals surface area contributed by atoms with Crippen molar-refractivity contribution in [3.8, 4) is 0 Å². The van der Waals surface area contributed by atoms with Gasteiger partial charge in [0.2, 0.25) is 5.91 Å². The zero-order chi connectivity index (χ0) is 14.7. The van der Waals surface area contributed by atoms with E-state index in [2.05, 4.69) is 11.4 Å². The first-order chi connectivity index (χ1) is 10.2. The van der Waals surface area contributed by atoms with Crippen molar-refractivity contribution in [2.24, 2.45) is 0 Å². The van der Waals surface area contributed by atoms with Gasteiger partial charge in [-0.05, 0) is 30.7 Å². The van der Waals surface area contributed by atoms with Gasteiger partial charge in [0.05, 0.1) is 24.8 Å². The molecule has 1 amide bonds. The molecule has 6 heteroatoms. The molecule has 5 nitrogen and oxygen atoms in total. The quantitative estimate of drug-likeness (QED) is 0.851. The maximum Gasteiger partial charge on any atom is 0.240 e. The molecule has 3 atom stereocenters. The van der Waals surface area contributed by atoms with Crippen LogP contribution in [-0.4, -0.2) is 53.9 Å². The van der Waals surface area contributed by atoms with Gasteiger partial charge in [-0.1, -0.05) is 6.07 Å². The summed E-state index contributed by atoms with van der Waals surface area (Å²) in [5.41, 5.74) is 0. The first-order valence-corrected chi connectivity index (χ1v) is 8.44. The highest BCUT2D eigenvalue weighted by Crippen LogP contribution is 2.19. The first-order valence-electron chi connectivity index (χ1n) is 7.56. The van der Waals surface area contributed by atoms with Crippen LogP contribution in [0.3, 0.4) is 0 Å². The summed E-state index contributed by atoms with van der Waals surface area (Å²) in [7, 11) is 0. The third-order valence-corrected chi connectivity index (χ3v) is 4.95. The van der Waals surface area contributed by atoms with E-state index in [1.165, 1.54) is 4.88 Å². The average Bonchev–Trinajstić information content (AvgIpc) is 3.19. The number of carbonyl (C=O) groups is 1. The molecule has 2 saturated heterocycles. The van der Waals surface area contributed by atoms with Crippen LogP contribution < -0.4 is 5.32 Å². The van der Waals surface area contributed by atoms with Crippen molar-refractivity contribution < 1.29 is 14.6 Å². The number of carbonyl (C=O) groups excluding carboxylic acids is 1. The minimum absolute atomic E-state index is 0.0791. The second-order valence-electron chi connectivity index (χ2n) is 5.78. The number of nitrogens with one attached hydrogen (secondary N) is 1. The van der Waals surface area contributed by atoms with Gasteiger partial charge in [-0.2, -0.15) is 0 Å². The lowest BCUT2D eigenvalue weighted by Gasteiger charge is -2.27. The Morgan fingerprint density at radius 3 is 3.10 bits per heavy atom. The largest absolute Gasteiger partial charge is 0.392 e. The summed E-state index contributed by atoms with van der Waals surface area (Å²) in [6.45, 7) is 2.57. The van der Waals surface area contributed by atoms with Crippen LogP contribution in [0.2, 0.25) is 0 Å². The van der Waals surface area contributed by atoms with Crippen LogP contribution in [0.15, 0.2) is 17.5 Å². The third kappa shape index (κ3) is 3.83. The number of β-amino-alcohol motifs (C(OH)–C–C–N with tert-alkyl or cyclic N) is 1. The summed E-state index contributed by atoms with van der Waals surface area (Å²) >= 11 is 1.67. The lowest BCUT2D eigenvalue weighted by Crippen LogP contribution is -2.45. The minimum Gasteiger partial charge on any atom is -0.392 e. The van der Waals surface area contributed by atoms with Crippen LogP contribution in [0.25, 0.3) is 0 Å². The highest BCUT2D eigenvalue weighted by Gasteiger charge is 2.33. The van der Waals surface area contributed by atoms with Crippen molar-refractivity contribution in [1.29, 1.82) is 0 Å². The summed E-state index contributed by atoms with van der Waals surface area (Å²) in [6, 6.07) is 3.80. The molecule has 0 radical (unpaired) electrons. The molecule has 0 saturated carbocycles. The summed E-state index contributed by atoms with van der Waals surface area (Å²) < 4.78 is 5.68. The Balaban J connectivity index is 1.66. The Kier molecular flexibility index (Phi) is 4.90. The molecule has 2 N–H and O–H groups in total. The molecule has 1 aromatic rings. The third-order valence-electron chi connectivity index (χ3n) is 4.09. The number of amides is 1. The van der Waals surface area contributed by atoms with Crippen molar-refractivity contribution in [2.75, 3.05) is 19.7 Å². The normalized spacial score (nSPS) is 28.9. The number of thiophene rings is 1. The Bertz CT molecular complexity index is 459. The molecule has 3 rings (SSSR count). The van der Waals surface area contributed by atoms with Gasteiger partial charge in [0.1, 0.15) is 0 Å². The predicted octanol–water partition coefficient (Wildman–Crippen LogP) is 0.978. The second kappa shape index (κ2) is 6.87. The fraction of sp³-hybridized carbons (Fsp3) is 0.667. The van der Waals surface area contributed by atoms with E-state index in [1.54, 1.807) is 11.3 Å². The van der Waals surface area contributed by atoms with Crippen molar-refractivity contribution in [2.45, 2.75) is 44.1 Å². The molecular formula is C15H22N2O3S. The summed E-state index contributed by atoms with van der Waals surface area (Å²) in [6.07, 6.45) is 2.34. The predicted molar refractivity (Wildman–Crippen MR) is 81.1 cm³/mol. The van der Waals surface area contributed by atoms with Crippen LogP contribution in [-0.2, 0) is 16.1 Å². The van der Waals surface area contributed by atoms with Gasteiger partial charge in [-0.15, -0.1) is 11.3 Å². The Labute approximate surface area is 128 Å². The molecule has 116 valence electrons. The highest BCUT2D eigenvalue weighted by molar-refractivity contribution is 7.09. The van der Waals surface area contributed by atoms with E-state index in [0.29, 0.717) is 26.1 Å².